The summed E-state index contributed by atoms with van der Waals surface area (Å²) in [6, 6.07) is 19.9. The molecule has 4 rings (SSSR count). The zero-order valence-corrected chi connectivity index (χ0v) is 18.4. The van der Waals surface area contributed by atoms with Gasteiger partial charge in [-0.25, -0.2) is 0 Å². The van der Waals surface area contributed by atoms with Crippen molar-refractivity contribution in [3.63, 3.8) is 0 Å². The lowest BCUT2D eigenvalue weighted by Crippen LogP contribution is -2.38. The maximum Gasteiger partial charge on any atom is 0.227 e. The number of methoxy groups -OCH3 is 1. The van der Waals surface area contributed by atoms with E-state index in [0.29, 0.717) is 32.5 Å². The minimum atomic E-state index is -0.280. The Bertz CT molecular complexity index is 1050. The quantitative estimate of drug-likeness (QED) is 0.642. The molecule has 6 heteroatoms. The molecular formula is C25H26N2O3S. The highest BCUT2D eigenvalue weighted by molar-refractivity contribution is 7.13. The van der Waals surface area contributed by atoms with E-state index >= 15 is 0 Å². The second-order valence-corrected chi connectivity index (χ2v) is 8.64. The number of carbonyl (C=O) groups excluding carboxylic acids is 2. The Labute approximate surface area is 186 Å². The molecule has 1 saturated heterocycles. The SMILES string of the molecule is COc1cccc(CC(=O)N2CCNC(=O)[C@H](Cc3ccccc3-c3cccs3)C2)c1. The smallest absolute Gasteiger partial charge is 0.227 e. The zero-order chi connectivity index (χ0) is 21.6. The summed E-state index contributed by atoms with van der Waals surface area (Å²) in [5, 5.41) is 5.04. The summed E-state index contributed by atoms with van der Waals surface area (Å²) in [5.74, 6) is 0.498. The molecule has 2 aromatic carbocycles. The molecule has 0 spiro atoms. The van der Waals surface area contributed by atoms with Crippen LogP contribution < -0.4 is 10.1 Å². The molecule has 5 nitrogen and oxygen atoms in total. The lowest BCUT2D eigenvalue weighted by atomic mass is 9.94. The Hall–Kier alpha value is -3.12. The van der Waals surface area contributed by atoms with Crippen molar-refractivity contribution >= 4 is 23.2 Å². The number of nitrogens with zero attached hydrogens (tertiary/aromatic N) is 1. The van der Waals surface area contributed by atoms with E-state index in [2.05, 4.69) is 28.9 Å². The van der Waals surface area contributed by atoms with Crippen LogP contribution in [0.2, 0.25) is 0 Å². The number of ether oxygens (including phenoxy) is 1. The van der Waals surface area contributed by atoms with Crippen LogP contribution in [0.1, 0.15) is 11.1 Å². The number of carbonyl (C=O) groups is 2. The molecule has 0 bridgehead atoms. The van der Waals surface area contributed by atoms with Gasteiger partial charge < -0.3 is 15.0 Å². The Kier molecular flexibility index (Phi) is 6.67. The van der Waals surface area contributed by atoms with Gasteiger partial charge in [0, 0.05) is 24.5 Å². The summed E-state index contributed by atoms with van der Waals surface area (Å²) in [5.41, 5.74) is 3.20. The topological polar surface area (TPSA) is 58.6 Å². The number of nitrogens with one attached hydrogen (secondary N) is 1. The van der Waals surface area contributed by atoms with Crippen molar-refractivity contribution in [3.05, 3.63) is 77.2 Å². The Morgan fingerprint density at radius 2 is 2.03 bits per heavy atom. The van der Waals surface area contributed by atoms with E-state index < -0.39 is 0 Å². The molecule has 160 valence electrons. The van der Waals surface area contributed by atoms with E-state index in [9.17, 15) is 9.59 Å². The van der Waals surface area contributed by atoms with Crippen LogP contribution in [0.4, 0.5) is 0 Å². The first-order chi connectivity index (χ1) is 15.1. The van der Waals surface area contributed by atoms with Crippen LogP contribution in [-0.2, 0) is 22.4 Å². The van der Waals surface area contributed by atoms with Gasteiger partial charge >= 0.3 is 0 Å². The fourth-order valence-electron chi connectivity index (χ4n) is 3.99. The molecule has 1 atom stereocenters. The third-order valence-corrected chi connectivity index (χ3v) is 6.51. The molecule has 1 aliphatic heterocycles. The van der Waals surface area contributed by atoms with E-state index in [1.54, 1.807) is 18.4 Å². The van der Waals surface area contributed by atoms with Gasteiger partial charge in [0.25, 0.3) is 0 Å². The van der Waals surface area contributed by atoms with Crippen molar-refractivity contribution in [1.29, 1.82) is 0 Å². The number of hydrogen-bond acceptors (Lipinski definition) is 4. The third kappa shape index (κ3) is 5.14. The fourth-order valence-corrected chi connectivity index (χ4v) is 4.77. The van der Waals surface area contributed by atoms with E-state index in [1.165, 1.54) is 4.88 Å². The second kappa shape index (κ2) is 9.79. The lowest BCUT2D eigenvalue weighted by Gasteiger charge is -2.24. The van der Waals surface area contributed by atoms with Crippen LogP contribution in [0.3, 0.4) is 0 Å². The van der Waals surface area contributed by atoms with Gasteiger partial charge in [0.15, 0.2) is 0 Å². The van der Waals surface area contributed by atoms with Crippen LogP contribution in [0.15, 0.2) is 66.0 Å². The number of thiophene rings is 1. The van der Waals surface area contributed by atoms with E-state index in [1.807, 2.05) is 47.4 Å². The molecule has 0 saturated carbocycles. The van der Waals surface area contributed by atoms with Gasteiger partial charge in [-0.2, -0.15) is 0 Å². The van der Waals surface area contributed by atoms with Crippen molar-refractivity contribution in [3.8, 4) is 16.2 Å². The molecule has 0 aliphatic carbocycles. The molecular weight excluding hydrogens is 408 g/mol. The van der Waals surface area contributed by atoms with E-state index in [4.69, 9.17) is 4.74 Å². The summed E-state index contributed by atoms with van der Waals surface area (Å²) in [7, 11) is 1.62. The van der Waals surface area contributed by atoms with Gasteiger partial charge in [0.1, 0.15) is 5.75 Å². The lowest BCUT2D eigenvalue weighted by molar-refractivity contribution is -0.131. The van der Waals surface area contributed by atoms with Gasteiger partial charge in [-0.1, -0.05) is 42.5 Å². The van der Waals surface area contributed by atoms with Crippen LogP contribution in [0.25, 0.3) is 10.4 Å². The highest BCUT2D eigenvalue weighted by Gasteiger charge is 2.28. The first kappa shape index (κ1) is 21.1. The monoisotopic (exact) mass is 434 g/mol. The van der Waals surface area contributed by atoms with Crippen LogP contribution in [0, 0.1) is 5.92 Å². The molecule has 3 aromatic rings. The molecule has 1 aromatic heterocycles. The fraction of sp³-hybridized carbons (Fsp3) is 0.280. The average molecular weight is 435 g/mol. The Morgan fingerprint density at radius 3 is 2.84 bits per heavy atom. The Balaban J connectivity index is 1.50. The minimum absolute atomic E-state index is 0.0117. The Morgan fingerprint density at radius 1 is 1.16 bits per heavy atom. The number of amides is 2. The van der Waals surface area contributed by atoms with E-state index in [-0.39, 0.29) is 17.7 Å². The summed E-state index contributed by atoms with van der Waals surface area (Å²) >= 11 is 1.69. The highest BCUT2D eigenvalue weighted by atomic mass is 32.1. The van der Waals surface area contributed by atoms with Crippen LogP contribution >= 0.6 is 11.3 Å². The summed E-state index contributed by atoms with van der Waals surface area (Å²) in [4.78, 5) is 28.8. The van der Waals surface area contributed by atoms with Gasteiger partial charge in [-0.3, -0.25) is 9.59 Å². The van der Waals surface area contributed by atoms with Crippen molar-refractivity contribution in [2.24, 2.45) is 5.92 Å². The van der Waals surface area contributed by atoms with Gasteiger partial charge in [0.05, 0.1) is 19.4 Å². The molecule has 1 aliphatic rings. The second-order valence-electron chi connectivity index (χ2n) is 7.69. The maximum absolute atomic E-state index is 13.0. The van der Waals surface area contributed by atoms with Crippen molar-refractivity contribution < 1.29 is 14.3 Å². The van der Waals surface area contributed by atoms with Crippen molar-refractivity contribution in [1.82, 2.24) is 10.2 Å². The molecule has 31 heavy (non-hydrogen) atoms. The predicted octanol–water partition coefficient (Wildman–Crippen LogP) is 3.78. The van der Waals surface area contributed by atoms with Crippen molar-refractivity contribution in [2.45, 2.75) is 12.8 Å². The number of rotatable bonds is 6. The number of benzene rings is 2. The predicted molar refractivity (Wildman–Crippen MR) is 123 cm³/mol. The average Bonchev–Trinajstić information content (AvgIpc) is 3.26. The van der Waals surface area contributed by atoms with Crippen molar-refractivity contribution in [2.75, 3.05) is 26.7 Å². The molecule has 2 amide bonds. The highest BCUT2D eigenvalue weighted by Crippen LogP contribution is 2.30. The molecule has 1 N–H and O–H groups in total. The largest absolute Gasteiger partial charge is 0.497 e. The number of hydrogen-bond donors (Lipinski definition) is 1. The molecule has 2 heterocycles. The first-order valence-corrected chi connectivity index (χ1v) is 11.3. The third-order valence-electron chi connectivity index (χ3n) is 5.61. The summed E-state index contributed by atoms with van der Waals surface area (Å²) in [6.07, 6.45) is 0.896. The van der Waals surface area contributed by atoms with Gasteiger partial charge in [-0.05, 0) is 46.7 Å². The maximum atomic E-state index is 13.0. The molecule has 1 fully saturated rings. The summed E-state index contributed by atoms with van der Waals surface area (Å²) < 4.78 is 5.26. The van der Waals surface area contributed by atoms with Gasteiger partial charge in [-0.15, -0.1) is 11.3 Å². The normalized spacial score (nSPS) is 16.5. The van der Waals surface area contributed by atoms with Crippen LogP contribution in [-0.4, -0.2) is 43.5 Å². The zero-order valence-electron chi connectivity index (χ0n) is 17.5. The van der Waals surface area contributed by atoms with E-state index in [0.717, 1.165) is 22.4 Å². The van der Waals surface area contributed by atoms with Crippen LogP contribution in [0.5, 0.6) is 5.75 Å². The van der Waals surface area contributed by atoms with Gasteiger partial charge in [0.2, 0.25) is 11.8 Å². The minimum Gasteiger partial charge on any atom is -0.497 e. The standard InChI is InChI=1S/C25H26N2O3S/c1-30-21-8-4-6-18(14-21)15-24(28)27-12-11-26-25(29)20(17-27)16-19-7-2-3-9-22(19)23-10-5-13-31-23/h2-10,13-14,20H,11-12,15-17H2,1H3,(H,26,29)/t20-/m1/s1. The first-order valence-electron chi connectivity index (χ1n) is 10.4. The molecule has 0 radical (unpaired) electrons. The molecule has 0 unspecified atom stereocenters. The summed E-state index contributed by atoms with van der Waals surface area (Å²) in [6.45, 7) is 1.43.